The van der Waals surface area contributed by atoms with Crippen molar-refractivity contribution in [3.8, 4) is 45.8 Å². The highest BCUT2D eigenvalue weighted by Gasteiger charge is 2.32. The Hall–Kier alpha value is -9.88. The first-order valence-corrected chi connectivity index (χ1v) is 26.3. The van der Waals surface area contributed by atoms with Crippen molar-refractivity contribution in [2.75, 3.05) is 27.4 Å². The predicted molar refractivity (Wildman–Crippen MR) is 293 cm³/mol. The topological polar surface area (TPSA) is 160 Å². The molecule has 10 rings (SSSR count). The molecule has 87 heavy (non-hydrogen) atoms. The molecule has 4 aromatic heterocycles. The molecule has 0 atom stereocenters. The fourth-order valence-electron chi connectivity index (χ4n) is 9.30. The van der Waals surface area contributed by atoms with Crippen molar-refractivity contribution < 1.29 is 86.7 Å². The van der Waals surface area contributed by atoms with E-state index in [0.29, 0.717) is 33.2 Å². The van der Waals surface area contributed by atoms with Crippen molar-refractivity contribution in [2.24, 2.45) is 0 Å². The summed E-state index contributed by atoms with van der Waals surface area (Å²) in [6.07, 6.45) is -10.1. The van der Waals surface area contributed by atoms with E-state index in [1.54, 1.807) is 9.13 Å². The van der Waals surface area contributed by atoms with Gasteiger partial charge in [-0.25, -0.2) is 47.1 Å². The van der Waals surface area contributed by atoms with E-state index >= 15 is 17.6 Å². The first-order valence-electron chi connectivity index (χ1n) is 26.3. The van der Waals surface area contributed by atoms with E-state index in [0.717, 1.165) is 48.5 Å². The van der Waals surface area contributed by atoms with Crippen LogP contribution in [-0.4, -0.2) is 81.2 Å². The van der Waals surface area contributed by atoms with Crippen LogP contribution in [0.4, 0.5) is 43.9 Å². The van der Waals surface area contributed by atoms with Gasteiger partial charge in [-0.3, -0.25) is 0 Å². The highest BCUT2D eigenvalue weighted by molar-refractivity contribution is 6.05. The first-order chi connectivity index (χ1) is 41.7. The average Bonchev–Trinajstić information content (AvgIpc) is 1.90. The number of fused-ring (bicyclic) bond motifs is 2. The van der Waals surface area contributed by atoms with Gasteiger partial charge in [0.25, 0.3) is 0 Å². The molecule has 4 heterocycles. The van der Waals surface area contributed by atoms with Crippen molar-refractivity contribution in [3.05, 3.63) is 214 Å². The molecular weight excluding hydrogens is 1160 g/mol. The molecule has 6 aromatic carbocycles. The summed E-state index contributed by atoms with van der Waals surface area (Å²) in [7, 11) is 2.93. The number of esters is 2. The van der Waals surface area contributed by atoms with Crippen LogP contribution in [0.1, 0.15) is 54.6 Å². The Bertz CT molecular complexity index is 3890. The molecule has 15 nitrogen and oxygen atoms in total. The van der Waals surface area contributed by atoms with Gasteiger partial charge in [-0.05, 0) is 119 Å². The number of nitrogens with zero attached hydrogens (tertiary/aromatic N) is 6. The van der Waals surface area contributed by atoms with Crippen LogP contribution in [0.15, 0.2) is 146 Å². The van der Waals surface area contributed by atoms with Crippen LogP contribution in [0.5, 0.6) is 23.3 Å². The maximum Gasteiger partial charge on any atom is 0.573 e. The van der Waals surface area contributed by atoms with Gasteiger partial charge in [0.1, 0.15) is 59.6 Å². The number of halogens is 10. The number of hydrogen-bond donors (Lipinski definition) is 0. The highest BCUT2D eigenvalue weighted by Crippen LogP contribution is 2.32. The first kappa shape index (κ1) is 60.2. The third-order valence-corrected chi connectivity index (χ3v) is 13.4. The van der Waals surface area contributed by atoms with E-state index in [2.05, 4.69) is 29.4 Å². The minimum absolute atomic E-state index is 0.0342. The summed E-state index contributed by atoms with van der Waals surface area (Å²) >= 11 is 0. The molecule has 0 unspecified atom stereocenters. The largest absolute Gasteiger partial charge is 0.573 e. The van der Waals surface area contributed by atoms with Crippen molar-refractivity contribution in [1.29, 1.82) is 0 Å². The second-order valence-electron chi connectivity index (χ2n) is 19.3. The maximum atomic E-state index is 16.0. The number of benzene rings is 6. The lowest BCUT2D eigenvalue weighted by molar-refractivity contribution is -0.275. The zero-order valence-corrected chi connectivity index (χ0v) is 45.7. The van der Waals surface area contributed by atoms with E-state index in [-0.39, 0.29) is 121 Å². The number of ether oxygens (including phenoxy) is 7. The van der Waals surface area contributed by atoms with Gasteiger partial charge in [0, 0.05) is 63.4 Å². The number of carbonyl (C=O) groups excluding carboxylic acids is 2. The Balaban J connectivity index is 0.815. The molecule has 448 valence electrons. The van der Waals surface area contributed by atoms with Crippen LogP contribution in [0, 0.1) is 23.3 Å². The van der Waals surface area contributed by atoms with Gasteiger partial charge < -0.3 is 42.3 Å². The van der Waals surface area contributed by atoms with E-state index in [1.165, 1.54) is 111 Å². The highest BCUT2D eigenvalue weighted by atomic mass is 19.4. The Morgan fingerprint density at radius 1 is 0.471 bits per heavy atom. The summed E-state index contributed by atoms with van der Waals surface area (Å²) in [6, 6.07) is 31.5. The monoisotopic (exact) mass is 1210 g/mol. The predicted octanol–water partition coefficient (Wildman–Crippen LogP) is 13.5. The fourth-order valence-corrected chi connectivity index (χ4v) is 9.30. The molecule has 0 aliphatic carbocycles. The Morgan fingerprint density at radius 2 is 0.874 bits per heavy atom. The molecule has 0 radical (unpaired) electrons. The van der Waals surface area contributed by atoms with Crippen molar-refractivity contribution in [2.45, 2.75) is 51.9 Å². The Morgan fingerprint density at radius 3 is 1.25 bits per heavy atom. The standard InChI is InChI=1S/C62H46F10N6O9/c1-81-23-21-77-53-27-37(13-19-51(53)73-55(77)29-39-25-47(65)43(31-45(39)63)49-5-3-7-57(75-49)83-33-35-9-15-41(16-10-35)86-61(67,68)69)59(79)85-60(80)38-14-20-52-54(28-38)78(22-24-82-2)56(74-52)30-40-26-48(66)44(32-46(40)64)50-6-4-8-58(76-50)84-34-36-11-17-42(18-12-36)87-62(70,71)72/h3-20,25-28,31-32H,21-24,29-30,33-34H2,1-2H3. The van der Waals surface area contributed by atoms with Gasteiger partial charge in [-0.1, -0.05) is 36.4 Å². The maximum absolute atomic E-state index is 16.0. The quantitative estimate of drug-likeness (QED) is 0.0359. The molecule has 0 saturated heterocycles. The Labute approximate surface area is 487 Å². The minimum Gasteiger partial charge on any atom is -0.473 e. The second-order valence-corrected chi connectivity index (χ2v) is 19.3. The zero-order chi connectivity index (χ0) is 61.6. The van der Waals surface area contributed by atoms with Crippen LogP contribution >= 0.6 is 0 Å². The SMILES string of the molecule is COCCn1c(Cc2cc(F)c(-c3cccc(OCc4ccc(OC(F)(F)F)cc4)n3)cc2F)nc2ccc(C(=O)OC(=O)c3ccc4nc(Cc5cc(F)c(-c6cccc(OCc7ccc(OC(F)(F)F)cc7)n6)cc5F)n(CCOC)c4c3)cc21. The van der Waals surface area contributed by atoms with Crippen LogP contribution in [0.3, 0.4) is 0 Å². The van der Waals surface area contributed by atoms with Gasteiger partial charge in [0.05, 0.1) is 57.8 Å². The van der Waals surface area contributed by atoms with Gasteiger partial charge in [0.15, 0.2) is 0 Å². The van der Waals surface area contributed by atoms with Gasteiger partial charge in [-0.2, -0.15) is 0 Å². The normalized spacial score (nSPS) is 11.8. The van der Waals surface area contributed by atoms with Crippen molar-refractivity contribution >= 4 is 34.0 Å². The van der Waals surface area contributed by atoms with E-state index in [9.17, 15) is 35.9 Å². The fraction of sp³-hybridized carbons (Fsp3) is 0.194. The van der Waals surface area contributed by atoms with E-state index < -0.39 is 59.4 Å². The average molecular weight is 1210 g/mol. The summed E-state index contributed by atoms with van der Waals surface area (Å²) in [6.45, 7) is 0.418. The number of hydrogen-bond acceptors (Lipinski definition) is 13. The molecule has 0 spiro atoms. The lowest BCUT2D eigenvalue weighted by Gasteiger charge is -2.12. The molecule has 0 fully saturated rings. The smallest absolute Gasteiger partial charge is 0.473 e. The van der Waals surface area contributed by atoms with Crippen molar-refractivity contribution in [1.82, 2.24) is 29.1 Å². The number of methoxy groups -OCH3 is 2. The molecule has 0 amide bonds. The van der Waals surface area contributed by atoms with Crippen molar-refractivity contribution in [3.63, 3.8) is 0 Å². The second kappa shape index (κ2) is 25.8. The van der Waals surface area contributed by atoms with Crippen LogP contribution in [0.2, 0.25) is 0 Å². The van der Waals surface area contributed by atoms with E-state index in [4.69, 9.17) is 23.7 Å². The third-order valence-electron chi connectivity index (χ3n) is 13.4. The third kappa shape index (κ3) is 14.8. The number of rotatable bonds is 22. The molecule has 10 aromatic rings. The van der Waals surface area contributed by atoms with Crippen LogP contribution in [-0.2, 0) is 53.4 Å². The van der Waals surface area contributed by atoms with Gasteiger partial charge in [0.2, 0.25) is 11.8 Å². The summed E-state index contributed by atoms with van der Waals surface area (Å²) in [5.41, 5.74) is 1.97. The van der Waals surface area contributed by atoms with Gasteiger partial charge >= 0.3 is 24.7 Å². The number of imidazole rings is 2. The number of aromatic nitrogens is 6. The summed E-state index contributed by atoms with van der Waals surface area (Å²) in [5, 5.41) is 0. The minimum atomic E-state index is -4.85. The summed E-state index contributed by atoms with van der Waals surface area (Å²) in [4.78, 5) is 45.4. The van der Waals surface area contributed by atoms with Gasteiger partial charge in [-0.15, -0.1) is 26.3 Å². The molecule has 0 aliphatic rings. The Kier molecular flexibility index (Phi) is 17.8. The van der Waals surface area contributed by atoms with E-state index in [1.807, 2.05) is 0 Å². The zero-order valence-electron chi connectivity index (χ0n) is 45.7. The van der Waals surface area contributed by atoms with Crippen LogP contribution in [0.25, 0.3) is 44.6 Å². The van der Waals surface area contributed by atoms with Crippen LogP contribution < -0.4 is 18.9 Å². The number of alkyl halides is 6. The molecule has 0 bridgehead atoms. The molecule has 0 aliphatic heterocycles. The number of pyridine rings is 2. The lowest BCUT2D eigenvalue weighted by atomic mass is 10.0. The summed E-state index contributed by atoms with van der Waals surface area (Å²) in [5.74, 6) is -5.47. The molecule has 0 N–H and O–H groups in total. The molecule has 25 heteroatoms. The lowest BCUT2D eigenvalue weighted by Crippen LogP contribution is -2.17. The molecule has 0 saturated carbocycles. The molecular formula is C62H46F10N6O9. The number of carbonyl (C=O) groups is 2. The summed E-state index contributed by atoms with van der Waals surface area (Å²) < 4.78 is 178.